The maximum atomic E-state index is 12.8. The van der Waals surface area contributed by atoms with Crippen molar-refractivity contribution < 1.29 is 13.6 Å². The lowest BCUT2D eigenvalue weighted by Gasteiger charge is -2.41. The van der Waals surface area contributed by atoms with Gasteiger partial charge in [-0.05, 0) is 36.6 Å². The fourth-order valence-electron chi connectivity index (χ4n) is 4.43. The molecule has 4 aromatic rings. The summed E-state index contributed by atoms with van der Waals surface area (Å²) in [7, 11) is 0. The summed E-state index contributed by atoms with van der Waals surface area (Å²) in [5.41, 5.74) is 2.72. The Labute approximate surface area is 177 Å². The van der Waals surface area contributed by atoms with Crippen LogP contribution in [-0.2, 0) is 5.41 Å². The van der Waals surface area contributed by atoms with Gasteiger partial charge in [-0.25, -0.2) is 9.67 Å². The number of hydrogen-bond donors (Lipinski definition) is 0. The first kappa shape index (κ1) is 19.4. The summed E-state index contributed by atoms with van der Waals surface area (Å²) < 4.78 is 28.1. The van der Waals surface area contributed by atoms with Crippen molar-refractivity contribution in [2.45, 2.75) is 24.8 Å². The Morgan fingerprint density at radius 1 is 0.968 bits per heavy atom. The lowest BCUT2D eigenvalue weighted by molar-refractivity contribution is 0.0544. The first-order valence-corrected chi connectivity index (χ1v) is 10.2. The smallest absolute Gasteiger partial charge is 0.333 e. The van der Waals surface area contributed by atoms with E-state index in [1.807, 2.05) is 47.0 Å². The molecule has 3 aromatic heterocycles. The Morgan fingerprint density at radius 2 is 1.71 bits per heavy atom. The van der Waals surface area contributed by atoms with Crippen molar-refractivity contribution >= 4 is 11.6 Å². The predicted octanol–water partition coefficient (Wildman–Crippen LogP) is 4.15. The third-order valence-electron chi connectivity index (χ3n) is 6.11. The van der Waals surface area contributed by atoms with Gasteiger partial charge in [0.05, 0.1) is 5.69 Å². The number of nitrogens with zero attached hydrogens (tertiary/aromatic N) is 5. The van der Waals surface area contributed by atoms with Gasteiger partial charge in [0.2, 0.25) is 0 Å². The molecule has 0 spiro atoms. The second-order valence-corrected chi connectivity index (χ2v) is 7.79. The Bertz CT molecular complexity index is 1180. The molecule has 1 saturated heterocycles. The minimum Gasteiger partial charge on any atom is -0.337 e. The molecule has 0 bridgehead atoms. The molecule has 8 heteroatoms. The molecule has 0 saturated carbocycles. The quantitative estimate of drug-likeness (QED) is 0.498. The van der Waals surface area contributed by atoms with Crippen LogP contribution >= 0.6 is 0 Å². The number of carbonyl (C=O) groups is 1. The van der Waals surface area contributed by atoms with Crippen molar-refractivity contribution in [2.24, 2.45) is 0 Å². The van der Waals surface area contributed by atoms with Gasteiger partial charge in [0.1, 0.15) is 5.65 Å². The van der Waals surface area contributed by atoms with Crippen LogP contribution in [-0.4, -0.2) is 43.1 Å². The molecule has 1 amide bonds. The summed E-state index contributed by atoms with van der Waals surface area (Å²) in [6.45, 7) is -1.78. The fraction of sp³-hybridized carbons (Fsp3) is 0.261. The maximum Gasteiger partial charge on any atom is 0.333 e. The van der Waals surface area contributed by atoms with Gasteiger partial charge in [-0.1, -0.05) is 36.4 Å². The molecule has 6 nitrogen and oxygen atoms in total. The van der Waals surface area contributed by atoms with Crippen LogP contribution in [0, 0.1) is 0 Å². The van der Waals surface area contributed by atoms with Crippen molar-refractivity contribution in [3.05, 3.63) is 90.1 Å². The molecule has 1 aliphatic heterocycles. The number of imidazole rings is 1. The third kappa shape index (κ3) is 3.37. The van der Waals surface area contributed by atoms with Gasteiger partial charge in [0.15, 0.2) is 5.69 Å². The van der Waals surface area contributed by atoms with E-state index in [0.29, 0.717) is 30.6 Å². The summed E-state index contributed by atoms with van der Waals surface area (Å²) in [5, 5.41) is 3.73. The number of likely N-dealkylation sites (tertiary alicyclic amines) is 1. The highest BCUT2D eigenvalue weighted by molar-refractivity contribution is 5.92. The summed E-state index contributed by atoms with van der Waals surface area (Å²) in [5.74, 6) is -0.323. The average molecular weight is 421 g/mol. The number of piperidine rings is 1. The molecule has 31 heavy (non-hydrogen) atoms. The molecule has 0 unspecified atom stereocenters. The zero-order chi connectivity index (χ0) is 21.4. The highest BCUT2D eigenvalue weighted by Gasteiger charge is 2.41. The number of hydrogen-bond acceptors (Lipinski definition) is 3. The van der Waals surface area contributed by atoms with Gasteiger partial charge in [0.25, 0.3) is 5.91 Å². The van der Waals surface area contributed by atoms with Crippen molar-refractivity contribution in [1.29, 1.82) is 0 Å². The Hall–Kier alpha value is -3.55. The van der Waals surface area contributed by atoms with Crippen LogP contribution in [0.25, 0.3) is 5.65 Å². The van der Waals surface area contributed by atoms with Crippen molar-refractivity contribution in [3.8, 4) is 0 Å². The number of benzene rings is 1. The van der Waals surface area contributed by atoms with Gasteiger partial charge in [-0.2, -0.15) is 13.9 Å². The summed E-state index contributed by atoms with van der Waals surface area (Å²) in [6, 6.07) is 17.5. The number of carbonyl (C=O) groups excluding carboxylic acids is 1. The maximum absolute atomic E-state index is 12.8. The van der Waals surface area contributed by atoms with Crippen molar-refractivity contribution in [2.75, 3.05) is 13.1 Å². The van der Waals surface area contributed by atoms with E-state index in [9.17, 15) is 13.6 Å². The molecule has 1 aliphatic rings. The first-order chi connectivity index (χ1) is 15.1. The van der Waals surface area contributed by atoms with E-state index in [0.717, 1.165) is 23.1 Å². The molecule has 1 fully saturated rings. The van der Waals surface area contributed by atoms with E-state index in [1.165, 1.54) is 6.07 Å². The van der Waals surface area contributed by atoms with Gasteiger partial charge >= 0.3 is 6.55 Å². The van der Waals surface area contributed by atoms with E-state index in [1.54, 1.807) is 4.90 Å². The summed E-state index contributed by atoms with van der Waals surface area (Å²) in [6.07, 6.45) is 6.53. The van der Waals surface area contributed by atoms with Crippen LogP contribution in [0.1, 0.15) is 41.1 Å². The normalized spacial score (nSPS) is 16.2. The standard InChI is InChI=1S/C23H21F2N5O/c24-22(25)30-13-9-18(27-30)21(31)28-14-10-23(11-15-28,17-6-2-1-3-7-17)19-16-29-12-5-4-8-20(29)26-19/h1-9,12-13,16,22H,10-11,14-15H2. The highest BCUT2D eigenvalue weighted by atomic mass is 19.3. The third-order valence-corrected chi connectivity index (χ3v) is 6.11. The van der Waals surface area contributed by atoms with Crippen LogP contribution in [0.2, 0.25) is 0 Å². The molecular formula is C23H21F2N5O. The van der Waals surface area contributed by atoms with Crippen molar-refractivity contribution in [1.82, 2.24) is 24.1 Å². The monoisotopic (exact) mass is 421 g/mol. The lowest BCUT2D eigenvalue weighted by Crippen LogP contribution is -2.46. The lowest BCUT2D eigenvalue weighted by atomic mass is 9.70. The SMILES string of the molecule is O=C(c1ccn(C(F)F)n1)N1CCC(c2ccccc2)(c2cn3ccccc3n2)CC1. The second-order valence-electron chi connectivity index (χ2n) is 7.79. The number of fused-ring (bicyclic) bond motifs is 1. The average Bonchev–Trinajstić information content (AvgIpc) is 3.47. The number of amides is 1. The number of alkyl halides is 2. The molecule has 0 N–H and O–H groups in total. The molecule has 0 atom stereocenters. The topological polar surface area (TPSA) is 55.4 Å². The Kier molecular flexibility index (Phi) is 4.77. The first-order valence-electron chi connectivity index (χ1n) is 10.2. The number of aromatic nitrogens is 4. The Morgan fingerprint density at radius 3 is 2.39 bits per heavy atom. The van der Waals surface area contributed by atoms with Crippen LogP contribution < -0.4 is 0 Å². The molecule has 0 aliphatic carbocycles. The van der Waals surface area contributed by atoms with Gasteiger partial charge in [0, 0.05) is 37.1 Å². The van der Waals surface area contributed by atoms with Crippen LogP contribution in [0.15, 0.2) is 73.2 Å². The molecule has 158 valence electrons. The number of halogens is 2. The van der Waals surface area contributed by atoms with Gasteiger partial charge < -0.3 is 9.30 Å². The molecule has 1 aromatic carbocycles. The van der Waals surface area contributed by atoms with Gasteiger partial charge in [-0.3, -0.25) is 4.79 Å². The highest BCUT2D eigenvalue weighted by Crippen LogP contribution is 2.41. The molecule has 4 heterocycles. The molecule has 5 rings (SSSR count). The molecular weight excluding hydrogens is 400 g/mol. The minimum atomic E-state index is -2.76. The van der Waals surface area contributed by atoms with Gasteiger partial charge in [-0.15, -0.1) is 0 Å². The zero-order valence-corrected chi connectivity index (χ0v) is 16.7. The van der Waals surface area contributed by atoms with E-state index in [4.69, 9.17) is 4.98 Å². The van der Waals surface area contributed by atoms with E-state index in [2.05, 4.69) is 23.4 Å². The van der Waals surface area contributed by atoms with Crippen molar-refractivity contribution in [3.63, 3.8) is 0 Å². The summed E-state index contributed by atoms with van der Waals surface area (Å²) in [4.78, 5) is 19.4. The fourth-order valence-corrected chi connectivity index (χ4v) is 4.43. The van der Waals surface area contributed by atoms with Crippen LogP contribution in [0.4, 0.5) is 8.78 Å². The number of rotatable bonds is 4. The summed E-state index contributed by atoms with van der Waals surface area (Å²) >= 11 is 0. The zero-order valence-electron chi connectivity index (χ0n) is 16.7. The minimum absolute atomic E-state index is 0.0419. The van der Waals surface area contributed by atoms with E-state index in [-0.39, 0.29) is 17.0 Å². The van der Waals surface area contributed by atoms with Crippen LogP contribution in [0.5, 0.6) is 0 Å². The van der Waals surface area contributed by atoms with E-state index >= 15 is 0 Å². The second kappa shape index (κ2) is 7.61. The largest absolute Gasteiger partial charge is 0.337 e. The van der Waals surface area contributed by atoms with E-state index < -0.39 is 6.55 Å². The predicted molar refractivity (Wildman–Crippen MR) is 111 cm³/mol. The Balaban J connectivity index is 1.45. The van der Waals surface area contributed by atoms with Crippen LogP contribution in [0.3, 0.4) is 0 Å². The molecule has 0 radical (unpaired) electrons. The number of pyridine rings is 1.